The van der Waals surface area contributed by atoms with Crippen LogP contribution < -0.4 is 20.8 Å². The fourth-order valence-electron chi connectivity index (χ4n) is 3.07. The van der Waals surface area contributed by atoms with Crippen molar-refractivity contribution >= 4 is 24.0 Å². The first kappa shape index (κ1) is 16.3. The highest BCUT2D eigenvalue weighted by Gasteiger charge is 2.32. The van der Waals surface area contributed by atoms with Gasteiger partial charge in [-0.2, -0.15) is 5.10 Å². The Labute approximate surface area is 140 Å². The van der Waals surface area contributed by atoms with Crippen molar-refractivity contribution in [2.45, 2.75) is 32.0 Å². The predicted molar refractivity (Wildman–Crippen MR) is 93.2 cm³/mol. The highest BCUT2D eigenvalue weighted by molar-refractivity contribution is 5.89. The summed E-state index contributed by atoms with van der Waals surface area (Å²) in [5.74, 6) is 0.630. The van der Waals surface area contributed by atoms with Crippen molar-refractivity contribution in [3.63, 3.8) is 0 Å². The van der Waals surface area contributed by atoms with E-state index in [0.29, 0.717) is 11.3 Å². The lowest BCUT2D eigenvalue weighted by Gasteiger charge is -2.39. The standard InChI is InChI=1S/C17H22N4O3/c1-17(2)4-5-21(3)13-8-14-10(7-12(13)17)6-11(15(22)24-14)9-19-20-16(18)23/h6-9,15,22H,4-5H2,1-3H3,(H3,18,20,23)/b19-9+. The topological polar surface area (TPSA) is 100 Å². The van der Waals surface area contributed by atoms with Gasteiger partial charge in [0, 0.05) is 36.5 Å². The molecule has 2 heterocycles. The lowest BCUT2D eigenvalue weighted by atomic mass is 9.77. The fraction of sp³-hybridized carbons (Fsp3) is 0.412. The molecule has 1 atom stereocenters. The minimum atomic E-state index is -1.14. The minimum Gasteiger partial charge on any atom is -0.460 e. The first-order chi connectivity index (χ1) is 11.3. The van der Waals surface area contributed by atoms with E-state index in [0.717, 1.165) is 24.2 Å². The van der Waals surface area contributed by atoms with Gasteiger partial charge in [-0.15, -0.1) is 0 Å². The highest BCUT2D eigenvalue weighted by atomic mass is 16.6. The van der Waals surface area contributed by atoms with Crippen LogP contribution in [-0.2, 0) is 5.41 Å². The molecule has 0 aromatic heterocycles. The SMILES string of the molecule is CN1CCC(C)(C)c2cc3c(cc21)OC(O)C(/C=N/NC(N)=O)=C3. The number of anilines is 1. The average molecular weight is 330 g/mol. The van der Waals surface area contributed by atoms with Gasteiger partial charge in [-0.05, 0) is 29.5 Å². The van der Waals surface area contributed by atoms with Crippen LogP contribution >= 0.6 is 0 Å². The number of ether oxygens (including phenoxy) is 1. The number of carbonyl (C=O) groups is 1. The molecule has 3 rings (SSSR count). The van der Waals surface area contributed by atoms with Crippen molar-refractivity contribution in [1.82, 2.24) is 5.43 Å². The van der Waals surface area contributed by atoms with Crippen molar-refractivity contribution in [3.05, 3.63) is 28.8 Å². The molecular formula is C17H22N4O3. The number of aliphatic hydroxyl groups is 1. The number of urea groups is 1. The normalized spacial score (nSPS) is 21.6. The summed E-state index contributed by atoms with van der Waals surface area (Å²) < 4.78 is 5.61. The Bertz CT molecular complexity index is 740. The second-order valence-electron chi connectivity index (χ2n) is 6.81. The smallest absolute Gasteiger partial charge is 0.332 e. The number of hydrazone groups is 1. The van der Waals surface area contributed by atoms with Crippen molar-refractivity contribution in [3.8, 4) is 5.75 Å². The number of hydrogen-bond donors (Lipinski definition) is 3. The molecule has 0 saturated carbocycles. The number of benzene rings is 1. The monoisotopic (exact) mass is 330 g/mol. The van der Waals surface area contributed by atoms with Gasteiger partial charge in [-0.25, -0.2) is 10.2 Å². The lowest BCUT2D eigenvalue weighted by Crippen LogP contribution is -2.35. The van der Waals surface area contributed by atoms with Gasteiger partial charge in [-0.1, -0.05) is 13.8 Å². The Kier molecular flexibility index (Phi) is 3.96. The van der Waals surface area contributed by atoms with E-state index in [4.69, 9.17) is 10.5 Å². The van der Waals surface area contributed by atoms with Gasteiger partial charge in [0.25, 0.3) is 0 Å². The van der Waals surface area contributed by atoms with Gasteiger partial charge in [0.2, 0.25) is 6.29 Å². The van der Waals surface area contributed by atoms with E-state index >= 15 is 0 Å². The van der Waals surface area contributed by atoms with Crippen molar-refractivity contribution in [1.29, 1.82) is 0 Å². The maximum Gasteiger partial charge on any atom is 0.332 e. The fourth-order valence-corrected chi connectivity index (χ4v) is 3.07. The van der Waals surface area contributed by atoms with E-state index in [1.54, 1.807) is 6.08 Å². The van der Waals surface area contributed by atoms with Crippen LogP contribution in [0.1, 0.15) is 31.4 Å². The van der Waals surface area contributed by atoms with Crippen molar-refractivity contribution in [2.24, 2.45) is 10.8 Å². The number of nitrogens with zero attached hydrogens (tertiary/aromatic N) is 2. The summed E-state index contributed by atoms with van der Waals surface area (Å²) in [4.78, 5) is 12.9. The van der Waals surface area contributed by atoms with E-state index in [9.17, 15) is 9.90 Å². The summed E-state index contributed by atoms with van der Waals surface area (Å²) in [5, 5.41) is 13.8. The Hall–Kier alpha value is -2.54. The Morgan fingerprint density at radius 1 is 1.54 bits per heavy atom. The molecule has 0 fully saturated rings. The molecule has 128 valence electrons. The number of rotatable bonds is 2. The summed E-state index contributed by atoms with van der Waals surface area (Å²) >= 11 is 0. The molecule has 24 heavy (non-hydrogen) atoms. The third-order valence-electron chi connectivity index (χ3n) is 4.57. The average Bonchev–Trinajstić information content (AvgIpc) is 2.50. The second-order valence-corrected chi connectivity index (χ2v) is 6.81. The van der Waals surface area contributed by atoms with Crippen LogP contribution in [0.3, 0.4) is 0 Å². The zero-order valence-corrected chi connectivity index (χ0v) is 14.0. The Morgan fingerprint density at radius 2 is 2.29 bits per heavy atom. The van der Waals surface area contributed by atoms with Crippen LogP contribution in [-0.4, -0.2) is 37.2 Å². The van der Waals surface area contributed by atoms with E-state index in [1.807, 2.05) is 6.07 Å². The molecule has 2 aliphatic rings. The number of nitrogens with one attached hydrogen (secondary N) is 1. The molecule has 0 bridgehead atoms. The van der Waals surface area contributed by atoms with Crippen molar-refractivity contribution < 1.29 is 14.6 Å². The van der Waals surface area contributed by atoms with Gasteiger partial charge >= 0.3 is 6.03 Å². The van der Waals surface area contributed by atoms with Crippen LogP contribution in [0.5, 0.6) is 5.75 Å². The number of hydrogen-bond acceptors (Lipinski definition) is 5. The highest BCUT2D eigenvalue weighted by Crippen LogP contribution is 2.43. The number of nitrogens with two attached hydrogens (primary N) is 1. The van der Waals surface area contributed by atoms with Crippen LogP contribution in [0.15, 0.2) is 22.8 Å². The first-order valence-corrected chi connectivity index (χ1v) is 7.82. The van der Waals surface area contributed by atoms with E-state index < -0.39 is 12.3 Å². The van der Waals surface area contributed by atoms with Crippen LogP contribution in [0.4, 0.5) is 10.5 Å². The van der Waals surface area contributed by atoms with Gasteiger partial charge in [0.1, 0.15) is 5.75 Å². The minimum absolute atomic E-state index is 0.0720. The van der Waals surface area contributed by atoms with Crippen LogP contribution in [0.25, 0.3) is 6.08 Å². The molecule has 1 unspecified atom stereocenters. The number of carbonyl (C=O) groups excluding carboxylic acids is 1. The van der Waals surface area contributed by atoms with E-state index in [-0.39, 0.29) is 5.41 Å². The molecule has 1 aromatic rings. The van der Waals surface area contributed by atoms with Gasteiger partial charge in [0.05, 0.1) is 6.21 Å². The summed E-state index contributed by atoms with van der Waals surface area (Å²) in [6, 6.07) is 3.31. The number of aliphatic hydroxyl groups excluding tert-OH is 1. The third kappa shape index (κ3) is 2.94. The molecule has 7 heteroatoms. The largest absolute Gasteiger partial charge is 0.460 e. The van der Waals surface area contributed by atoms with Crippen molar-refractivity contribution in [2.75, 3.05) is 18.5 Å². The third-order valence-corrected chi connectivity index (χ3v) is 4.57. The summed E-state index contributed by atoms with van der Waals surface area (Å²) in [6.45, 7) is 5.44. The lowest BCUT2D eigenvalue weighted by molar-refractivity contribution is 0.0181. The number of primary amides is 1. The van der Waals surface area contributed by atoms with E-state index in [1.165, 1.54) is 11.8 Å². The molecule has 0 spiro atoms. The number of amides is 2. The predicted octanol–water partition coefficient (Wildman–Crippen LogP) is 1.55. The molecule has 4 N–H and O–H groups in total. The molecule has 0 aliphatic carbocycles. The molecule has 0 saturated heterocycles. The number of fused-ring (bicyclic) bond motifs is 2. The van der Waals surface area contributed by atoms with Gasteiger partial charge in [-0.3, -0.25) is 0 Å². The van der Waals surface area contributed by atoms with Gasteiger partial charge in [0.15, 0.2) is 0 Å². The molecule has 2 amide bonds. The molecule has 7 nitrogen and oxygen atoms in total. The Morgan fingerprint density at radius 3 is 3.00 bits per heavy atom. The Balaban J connectivity index is 2.01. The molecular weight excluding hydrogens is 308 g/mol. The molecule has 2 aliphatic heterocycles. The maximum absolute atomic E-state index is 10.7. The summed E-state index contributed by atoms with van der Waals surface area (Å²) in [7, 11) is 2.06. The quantitative estimate of drug-likeness (QED) is 0.566. The second kappa shape index (κ2) is 5.83. The zero-order valence-electron chi connectivity index (χ0n) is 14.0. The maximum atomic E-state index is 10.7. The summed E-state index contributed by atoms with van der Waals surface area (Å²) in [6.07, 6.45) is 3.06. The molecule has 1 aromatic carbocycles. The van der Waals surface area contributed by atoms with E-state index in [2.05, 4.69) is 42.4 Å². The summed E-state index contributed by atoms with van der Waals surface area (Å²) in [5.41, 5.74) is 10.8. The van der Waals surface area contributed by atoms with Crippen LogP contribution in [0, 0.1) is 0 Å². The molecule has 0 radical (unpaired) electrons. The van der Waals surface area contributed by atoms with Gasteiger partial charge < -0.3 is 20.5 Å². The van der Waals surface area contributed by atoms with Crippen LogP contribution in [0.2, 0.25) is 0 Å². The first-order valence-electron chi connectivity index (χ1n) is 7.82. The zero-order chi connectivity index (χ0) is 17.5.